The average molecular weight is 254 g/mol. The van der Waals surface area contributed by atoms with Gasteiger partial charge in [-0.1, -0.05) is 13.3 Å². The van der Waals surface area contributed by atoms with Gasteiger partial charge in [-0.05, 0) is 32.7 Å². The van der Waals surface area contributed by atoms with E-state index in [2.05, 4.69) is 17.1 Å². The van der Waals surface area contributed by atoms with Gasteiger partial charge in [0.1, 0.15) is 0 Å². The van der Waals surface area contributed by atoms with Crippen LogP contribution in [0.5, 0.6) is 0 Å². The molecule has 2 heterocycles. The van der Waals surface area contributed by atoms with E-state index < -0.39 is 0 Å². The lowest BCUT2D eigenvalue weighted by atomic mass is 9.89. The highest BCUT2D eigenvalue weighted by Crippen LogP contribution is 2.26. The van der Waals surface area contributed by atoms with Gasteiger partial charge in [0.25, 0.3) is 0 Å². The fourth-order valence-electron chi connectivity index (χ4n) is 3.32. The number of rotatable bonds is 3. The summed E-state index contributed by atoms with van der Waals surface area (Å²) in [6, 6.07) is 0.566. The average Bonchev–Trinajstić information content (AvgIpc) is 2.83. The predicted molar refractivity (Wildman–Crippen MR) is 71.3 cm³/mol. The van der Waals surface area contributed by atoms with Crippen molar-refractivity contribution in [2.45, 2.75) is 45.3 Å². The Kier molecular flexibility index (Phi) is 4.62. The Bertz CT molecular complexity index is 296. The molecular weight excluding hydrogens is 228 g/mol. The molecule has 0 radical (unpaired) electrons. The number of amides is 1. The van der Waals surface area contributed by atoms with Crippen molar-refractivity contribution in [2.75, 3.05) is 26.7 Å². The molecule has 2 rings (SSSR count). The first kappa shape index (κ1) is 13.8. The van der Waals surface area contributed by atoms with Gasteiger partial charge in [0.05, 0.1) is 12.0 Å². The van der Waals surface area contributed by atoms with E-state index in [9.17, 15) is 4.79 Å². The summed E-state index contributed by atoms with van der Waals surface area (Å²) in [5.74, 6) is 0.993. The number of nitrogens with zero attached hydrogens (tertiary/aromatic N) is 1. The first-order chi connectivity index (χ1) is 8.67. The van der Waals surface area contributed by atoms with Crippen molar-refractivity contribution in [3.05, 3.63) is 0 Å². The summed E-state index contributed by atoms with van der Waals surface area (Å²) in [6.45, 7) is 6.77. The van der Waals surface area contributed by atoms with Crippen molar-refractivity contribution < 1.29 is 9.53 Å². The van der Waals surface area contributed by atoms with Gasteiger partial charge in [0.15, 0.2) is 0 Å². The highest BCUT2D eigenvalue weighted by molar-refractivity contribution is 5.79. The molecule has 0 spiro atoms. The van der Waals surface area contributed by atoms with Gasteiger partial charge in [-0.25, -0.2) is 0 Å². The zero-order valence-corrected chi connectivity index (χ0v) is 11.8. The summed E-state index contributed by atoms with van der Waals surface area (Å²) in [5, 5.41) is 3.38. The first-order valence-electron chi connectivity index (χ1n) is 7.25. The normalized spacial score (nSPS) is 36.9. The molecule has 1 amide bonds. The molecule has 18 heavy (non-hydrogen) atoms. The maximum atomic E-state index is 12.5. The largest absolute Gasteiger partial charge is 0.378 e. The summed E-state index contributed by atoms with van der Waals surface area (Å²) in [7, 11) is 2.03. The molecule has 4 nitrogen and oxygen atoms in total. The topological polar surface area (TPSA) is 41.6 Å². The summed E-state index contributed by atoms with van der Waals surface area (Å²) >= 11 is 0. The Morgan fingerprint density at radius 1 is 1.44 bits per heavy atom. The van der Waals surface area contributed by atoms with Crippen LogP contribution in [0.2, 0.25) is 0 Å². The lowest BCUT2D eigenvalue weighted by molar-refractivity contribution is -0.139. The molecule has 4 heteroatoms. The summed E-state index contributed by atoms with van der Waals surface area (Å²) in [6.07, 6.45) is 3.19. The third-order valence-corrected chi connectivity index (χ3v) is 4.63. The van der Waals surface area contributed by atoms with Crippen molar-refractivity contribution in [2.24, 2.45) is 11.8 Å². The quantitative estimate of drug-likeness (QED) is 0.824. The maximum absolute atomic E-state index is 12.5. The van der Waals surface area contributed by atoms with Crippen LogP contribution in [0.25, 0.3) is 0 Å². The molecule has 0 bridgehead atoms. The molecule has 2 aliphatic heterocycles. The van der Waals surface area contributed by atoms with E-state index in [1.807, 2.05) is 14.0 Å². The molecule has 2 saturated heterocycles. The van der Waals surface area contributed by atoms with Crippen molar-refractivity contribution in [1.29, 1.82) is 0 Å². The van der Waals surface area contributed by atoms with Crippen LogP contribution in [-0.4, -0.2) is 49.7 Å². The molecule has 0 aromatic heterocycles. The SMILES string of the molecule is CCC1CN(C(=O)C2CCOC2C)CCC1NC. The van der Waals surface area contributed by atoms with Gasteiger partial charge in [0, 0.05) is 25.7 Å². The van der Waals surface area contributed by atoms with Crippen LogP contribution in [0.4, 0.5) is 0 Å². The summed E-state index contributed by atoms with van der Waals surface area (Å²) in [4.78, 5) is 14.6. The van der Waals surface area contributed by atoms with Crippen LogP contribution < -0.4 is 5.32 Å². The van der Waals surface area contributed by atoms with Crippen molar-refractivity contribution in [3.63, 3.8) is 0 Å². The molecule has 104 valence electrons. The predicted octanol–water partition coefficient (Wildman–Crippen LogP) is 1.26. The molecule has 4 atom stereocenters. The molecule has 2 aliphatic rings. The van der Waals surface area contributed by atoms with E-state index in [0.717, 1.165) is 39.0 Å². The number of hydrogen-bond acceptors (Lipinski definition) is 3. The van der Waals surface area contributed by atoms with Gasteiger partial charge in [-0.15, -0.1) is 0 Å². The first-order valence-corrected chi connectivity index (χ1v) is 7.25. The van der Waals surface area contributed by atoms with E-state index in [-0.39, 0.29) is 12.0 Å². The summed E-state index contributed by atoms with van der Waals surface area (Å²) in [5.41, 5.74) is 0. The van der Waals surface area contributed by atoms with E-state index in [1.54, 1.807) is 0 Å². The van der Waals surface area contributed by atoms with E-state index in [0.29, 0.717) is 17.9 Å². The third-order valence-electron chi connectivity index (χ3n) is 4.63. The van der Waals surface area contributed by atoms with Gasteiger partial charge >= 0.3 is 0 Å². The van der Waals surface area contributed by atoms with Crippen molar-refractivity contribution in [1.82, 2.24) is 10.2 Å². The van der Waals surface area contributed by atoms with Crippen LogP contribution >= 0.6 is 0 Å². The number of carbonyl (C=O) groups excluding carboxylic acids is 1. The highest BCUT2D eigenvalue weighted by atomic mass is 16.5. The highest BCUT2D eigenvalue weighted by Gasteiger charge is 2.37. The Morgan fingerprint density at radius 2 is 2.22 bits per heavy atom. The third kappa shape index (κ3) is 2.69. The molecule has 4 unspecified atom stereocenters. The smallest absolute Gasteiger partial charge is 0.228 e. The minimum atomic E-state index is 0.0913. The zero-order chi connectivity index (χ0) is 13.1. The maximum Gasteiger partial charge on any atom is 0.228 e. The Balaban J connectivity index is 1.95. The lowest BCUT2D eigenvalue weighted by Gasteiger charge is -2.39. The second-order valence-corrected chi connectivity index (χ2v) is 5.61. The minimum absolute atomic E-state index is 0.0913. The number of hydrogen-bond donors (Lipinski definition) is 1. The van der Waals surface area contributed by atoms with Crippen LogP contribution in [0.1, 0.15) is 33.1 Å². The van der Waals surface area contributed by atoms with Gasteiger partial charge < -0.3 is 15.0 Å². The van der Waals surface area contributed by atoms with Crippen molar-refractivity contribution >= 4 is 5.91 Å². The number of likely N-dealkylation sites (tertiary alicyclic amines) is 1. The van der Waals surface area contributed by atoms with Crippen LogP contribution in [0.15, 0.2) is 0 Å². The van der Waals surface area contributed by atoms with Gasteiger partial charge in [-0.2, -0.15) is 0 Å². The molecule has 0 aromatic carbocycles. The molecular formula is C14H26N2O2. The van der Waals surface area contributed by atoms with Crippen LogP contribution in [0.3, 0.4) is 0 Å². The number of ether oxygens (including phenoxy) is 1. The molecule has 2 fully saturated rings. The van der Waals surface area contributed by atoms with E-state index >= 15 is 0 Å². The monoisotopic (exact) mass is 254 g/mol. The Morgan fingerprint density at radius 3 is 2.78 bits per heavy atom. The van der Waals surface area contributed by atoms with E-state index in [4.69, 9.17) is 4.74 Å². The Labute approximate surface area is 110 Å². The van der Waals surface area contributed by atoms with Gasteiger partial charge in [-0.3, -0.25) is 4.79 Å². The molecule has 0 aromatic rings. The lowest BCUT2D eigenvalue weighted by Crippen LogP contribution is -2.52. The second-order valence-electron chi connectivity index (χ2n) is 5.61. The van der Waals surface area contributed by atoms with Gasteiger partial charge in [0.2, 0.25) is 5.91 Å². The fourth-order valence-corrected chi connectivity index (χ4v) is 3.32. The summed E-state index contributed by atoms with van der Waals surface area (Å²) < 4.78 is 5.51. The second kappa shape index (κ2) is 6.02. The molecule has 0 saturated carbocycles. The van der Waals surface area contributed by atoms with E-state index in [1.165, 1.54) is 0 Å². The van der Waals surface area contributed by atoms with Crippen LogP contribution in [-0.2, 0) is 9.53 Å². The minimum Gasteiger partial charge on any atom is -0.378 e. The fraction of sp³-hybridized carbons (Fsp3) is 0.929. The molecule has 0 aliphatic carbocycles. The number of piperidine rings is 1. The van der Waals surface area contributed by atoms with Crippen molar-refractivity contribution in [3.8, 4) is 0 Å². The number of carbonyl (C=O) groups is 1. The zero-order valence-electron chi connectivity index (χ0n) is 11.8. The van der Waals surface area contributed by atoms with Crippen LogP contribution in [0, 0.1) is 11.8 Å². The standard InChI is InChI=1S/C14H26N2O2/c1-4-11-9-16(7-5-13(11)15-3)14(17)12-6-8-18-10(12)2/h10-13,15H,4-9H2,1-3H3. The molecule has 1 N–H and O–H groups in total. The number of nitrogens with one attached hydrogen (secondary N) is 1. The Hall–Kier alpha value is -0.610.